The average Bonchev–Trinajstić information content (AvgIpc) is 3.12. The van der Waals surface area contributed by atoms with Crippen molar-refractivity contribution in [2.45, 2.75) is 71.4 Å². The predicted octanol–water partition coefficient (Wildman–Crippen LogP) is 5.09. The molecular formula is C28H36N2O5. The van der Waals surface area contributed by atoms with Crippen LogP contribution in [0, 0.1) is 5.41 Å². The molecule has 0 aromatic heterocycles. The highest BCUT2D eigenvalue weighted by Gasteiger charge is 2.31. The molecule has 0 heterocycles. The first kappa shape index (κ1) is 26.3. The minimum absolute atomic E-state index is 0.0253. The molecule has 7 nitrogen and oxygen atoms in total. The molecule has 0 saturated heterocycles. The zero-order valence-electron chi connectivity index (χ0n) is 21.0. The molecule has 3 N–H and O–H groups in total. The third kappa shape index (κ3) is 7.07. The molecule has 2 unspecified atom stereocenters. The summed E-state index contributed by atoms with van der Waals surface area (Å²) >= 11 is 0. The molecule has 0 fully saturated rings. The molecule has 2 aromatic carbocycles. The van der Waals surface area contributed by atoms with E-state index >= 15 is 0 Å². The predicted molar refractivity (Wildman–Crippen MR) is 135 cm³/mol. The lowest BCUT2D eigenvalue weighted by Crippen LogP contribution is -2.51. The van der Waals surface area contributed by atoms with Crippen LogP contribution in [-0.2, 0) is 14.3 Å². The fraction of sp³-hybridized carbons (Fsp3) is 0.464. The van der Waals surface area contributed by atoms with E-state index in [0.717, 1.165) is 22.3 Å². The number of benzene rings is 2. The Morgan fingerprint density at radius 2 is 1.54 bits per heavy atom. The zero-order valence-corrected chi connectivity index (χ0v) is 21.0. The smallest absolute Gasteiger partial charge is 0.407 e. The van der Waals surface area contributed by atoms with Crippen LogP contribution in [0.2, 0.25) is 0 Å². The van der Waals surface area contributed by atoms with Crippen molar-refractivity contribution >= 4 is 18.0 Å². The second kappa shape index (κ2) is 11.4. The van der Waals surface area contributed by atoms with Gasteiger partial charge in [-0.05, 0) is 46.9 Å². The monoisotopic (exact) mass is 480 g/mol. The van der Waals surface area contributed by atoms with E-state index in [1.54, 1.807) is 0 Å². The van der Waals surface area contributed by atoms with E-state index in [2.05, 4.69) is 34.9 Å². The molecule has 188 valence electrons. The maximum Gasteiger partial charge on any atom is 0.407 e. The Kier molecular flexibility index (Phi) is 8.54. The number of carboxylic acids is 1. The summed E-state index contributed by atoms with van der Waals surface area (Å²) in [4.78, 5) is 36.8. The van der Waals surface area contributed by atoms with Crippen molar-refractivity contribution in [2.75, 3.05) is 6.61 Å². The van der Waals surface area contributed by atoms with Crippen LogP contribution in [0.25, 0.3) is 11.1 Å². The molecule has 2 aromatic rings. The number of hydrogen-bond acceptors (Lipinski definition) is 4. The molecule has 3 rings (SSSR count). The Bertz CT molecular complexity index is 1010. The van der Waals surface area contributed by atoms with Gasteiger partial charge in [-0.3, -0.25) is 9.59 Å². The van der Waals surface area contributed by atoms with Crippen molar-refractivity contribution in [3.63, 3.8) is 0 Å². The summed E-state index contributed by atoms with van der Waals surface area (Å²) in [6.07, 6.45) is 0.688. The summed E-state index contributed by atoms with van der Waals surface area (Å²) in [5.74, 6) is -1.30. The largest absolute Gasteiger partial charge is 0.481 e. The number of carbonyl (C=O) groups excluding carboxylic acids is 2. The Morgan fingerprint density at radius 3 is 2.06 bits per heavy atom. The summed E-state index contributed by atoms with van der Waals surface area (Å²) in [5, 5.41) is 14.6. The highest BCUT2D eigenvalue weighted by atomic mass is 16.5. The molecule has 0 spiro atoms. The van der Waals surface area contributed by atoms with E-state index in [-0.39, 0.29) is 36.3 Å². The number of aliphatic carboxylic acids is 1. The first-order valence-electron chi connectivity index (χ1n) is 12.2. The number of rotatable bonds is 10. The molecule has 0 aliphatic heterocycles. The van der Waals surface area contributed by atoms with E-state index in [4.69, 9.17) is 9.84 Å². The molecular weight excluding hydrogens is 444 g/mol. The Balaban J connectivity index is 1.66. The molecule has 35 heavy (non-hydrogen) atoms. The van der Waals surface area contributed by atoms with Gasteiger partial charge in [-0.1, -0.05) is 76.2 Å². The van der Waals surface area contributed by atoms with E-state index in [9.17, 15) is 14.4 Å². The zero-order chi connectivity index (χ0) is 25.6. The van der Waals surface area contributed by atoms with Crippen LogP contribution in [0.15, 0.2) is 48.5 Å². The van der Waals surface area contributed by atoms with Gasteiger partial charge in [-0.2, -0.15) is 0 Å². The third-order valence-electron chi connectivity index (χ3n) is 6.31. The maximum absolute atomic E-state index is 13.0. The minimum Gasteiger partial charge on any atom is -0.481 e. The van der Waals surface area contributed by atoms with Gasteiger partial charge in [0.15, 0.2) is 0 Å². The lowest BCUT2D eigenvalue weighted by Gasteiger charge is -2.28. The highest BCUT2D eigenvalue weighted by molar-refractivity contribution is 5.86. The van der Waals surface area contributed by atoms with Gasteiger partial charge in [-0.25, -0.2) is 4.79 Å². The summed E-state index contributed by atoms with van der Waals surface area (Å²) in [6.45, 7) is 8.04. The second-order valence-electron chi connectivity index (χ2n) is 10.3. The fourth-order valence-corrected chi connectivity index (χ4v) is 4.58. The number of nitrogens with one attached hydrogen (secondary N) is 2. The first-order valence-corrected chi connectivity index (χ1v) is 12.2. The van der Waals surface area contributed by atoms with Gasteiger partial charge in [-0.15, -0.1) is 0 Å². The van der Waals surface area contributed by atoms with Gasteiger partial charge < -0.3 is 20.5 Å². The Labute approximate surface area is 207 Å². The van der Waals surface area contributed by atoms with Gasteiger partial charge in [0.1, 0.15) is 12.6 Å². The SMILES string of the molecule is CCC(CCC(=O)O)NC(=O)C(CC(C)(C)C)NC(=O)OCC1c2ccccc2-c2ccccc21. The lowest BCUT2D eigenvalue weighted by atomic mass is 9.87. The van der Waals surface area contributed by atoms with Crippen molar-refractivity contribution in [1.29, 1.82) is 0 Å². The number of ether oxygens (including phenoxy) is 1. The Morgan fingerprint density at radius 1 is 0.971 bits per heavy atom. The summed E-state index contributed by atoms with van der Waals surface area (Å²) in [5.41, 5.74) is 4.31. The fourth-order valence-electron chi connectivity index (χ4n) is 4.58. The van der Waals surface area contributed by atoms with E-state index in [1.165, 1.54) is 0 Å². The van der Waals surface area contributed by atoms with Gasteiger partial charge in [0.2, 0.25) is 5.91 Å². The number of alkyl carbamates (subject to hydrolysis) is 1. The van der Waals surface area contributed by atoms with Crippen molar-refractivity contribution < 1.29 is 24.2 Å². The van der Waals surface area contributed by atoms with E-state index in [1.807, 2.05) is 52.0 Å². The van der Waals surface area contributed by atoms with Gasteiger partial charge in [0.05, 0.1) is 0 Å². The normalized spacial score (nSPS) is 14.4. The molecule has 2 atom stereocenters. The number of carboxylic acid groups (broad SMARTS) is 1. The van der Waals surface area contributed by atoms with Crippen molar-refractivity contribution in [3.05, 3.63) is 59.7 Å². The van der Waals surface area contributed by atoms with Gasteiger partial charge >= 0.3 is 12.1 Å². The summed E-state index contributed by atoms with van der Waals surface area (Å²) in [7, 11) is 0. The molecule has 0 bridgehead atoms. The van der Waals surface area contributed by atoms with Crippen LogP contribution < -0.4 is 10.6 Å². The second-order valence-corrected chi connectivity index (χ2v) is 10.3. The first-order chi connectivity index (χ1) is 16.6. The molecule has 0 radical (unpaired) electrons. The van der Waals surface area contributed by atoms with Crippen LogP contribution in [0.3, 0.4) is 0 Å². The van der Waals surface area contributed by atoms with Crippen LogP contribution >= 0.6 is 0 Å². The van der Waals surface area contributed by atoms with E-state index < -0.39 is 18.1 Å². The molecule has 0 saturated carbocycles. The molecule has 1 aliphatic carbocycles. The number of hydrogen-bond donors (Lipinski definition) is 3. The van der Waals surface area contributed by atoms with Crippen LogP contribution in [-0.4, -0.2) is 41.8 Å². The quantitative estimate of drug-likeness (QED) is 0.439. The summed E-state index contributed by atoms with van der Waals surface area (Å²) < 4.78 is 5.64. The average molecular weight is 481 g/mol. The van der Waals surface area contributed by atoms with Crippen molar-refractivity contribution in [2.24, 2.45) is 5.41 Å². The number of fused-ring (bicyclic) bond motifs is 3. The number of carbonyl (C=O) groups is 3. The highest BCUT2D eigenvalue weighted by Crippen LogP contribution is 2.44. The molecule has 2 amide bonds. The van der Waals surface area contributed by atoms with Gasteiger partial charge in [0.25, 0.3) is 0 Å². The summed E-state index contributed by atoms with van der Waals surface area (Å²) in [6, 6.07) is 15.2. The third-order valence-corrected chi connectivity index (χ3v) is 6.31. The Hall–Kier alpha value is -3.35. The van der Waals surface area contributed by atoms with Crippen LogP contribution in [0.4, 0.5) is 4.79 Å². The topological polar surface area (TPSA) is 105 Å². The standard InChI is InChI=1S/C28H36N2O5/c1-5-18(14-15-25(31)32)29-26(33)24(16-28(2,3)4)30-27(34)35-17-23-21-12-8-6-10-19(21)20-11-7-9-13-22(20)23/h6-13,18,23-24H,5,14-17H2,1-4H3,(H,29,33)(H,30,34)(H,31,32). The van der Waals surface area contributed by atoms with Crippen LogP contribution in [0.5, 0.6) is 0 Å². The molecule has 1 aliphatic rings. The van der Waals surface area contributed by atoms with Gasteiger partial charge in [0, 0.05) is 18.4 Å². The lowest BCUT2D eigenvalue weighted by molar-refractivity contribution is -0.137. The van der Waals surface area contributed by atoms with Crippen molar-refractivity contribution in [3.8, 4) is 11.1 Å². The van der Waals surface area contributed by atoms with Crippen LogP contribution in [0.1, 0.15) is 70.4 Å². The maximum atomic E-state index is 13.0. The molecule has 7 heteroatoms. The minimum atomic E-state index is -0.902. The van der Waals surface area contributed by atoms with Crippen molar-refractivity contribution in [1.82, 2.24) is 10.6 Å². The number of amides is 2. The van der Waals surface area contributed by atoms with E-state index in [0.29, 0.717) is 19.3 Å².